The highest BCUT2D eigenvalue weighted by Gasteiger charge is 2.13. The summed E-state index contributed by atoms with van der Waals surface area (Å²) in [5, 5.41) is 3.38. The van der Waals surface area contributed by atoms with E-state index < -0.39 is 0 Å². The monoisotopic (exact) mass is 333 g/mol. The van der Waals surface area contributed by atoms with Gasteiger partial charge in [-0.15, -0.1) is 0 Å². The first-order valence-electron chi connectivity index (χ1n) is 7.95. The third kappa shape index (κ3) is 4.38. The molecule has 1 N–H and O–H groups in total. The van der Waals surface area contributed by atoms with E-state index >= 15 is 0 Å². The molecule has 5 heteroatoms. The summed E-state index contributed by atoms with van der Waals surface area (Å²) in [6.45, 7) is 5.10. The van der Waals surface area contributed by atoms with E-state index in [1.165, 1.54) is 12.1 Å². The van der Waals surface area contributed by atoms with Crippen LogP contribution in [0.3, 0.4) is 0 Å². The van der Waals surface area contributed by atoms with E-state index in [2.05, 4.69) is 5.32 Å². The van der Waals surface area contributed by atoms with E-state index in [0.29, 0.717) is 24.7 Å². The standard InChI is InChI=1S/C19H24FNO3/c1-5-24-19-10-14(6-8-18(19)23-4)12-21-13(2)16-11-15(20)7-9-17(16)22-3/h6-11,13,21H,5,12H2,1-4H3. The number of hydrogen-bond donors (Lipinski definition) is 1. The first-order chi connectivity index (χ1) is 11.6. The minimum Gasteiger partial charge on any atom is -0.496 e. The molecule has 0 aliphatic heterocycles. The van der Waals surface area contributed by atoms with Crippen LogP contribution in [0, 0.1) is 5.82 Å². The second-order valence-electron chi connectivity index (χ2n) is 5.41. The first kappa shape index (κ1) is 18.1. The van der Waals surface area contributed by atoms with Crippen molar-refractivity contribution in [3.8, 4) is 17.2 Å². The molecule has 1 unspecified atom stereocenters. The van der Waals surface area contributed by atoms with Crippen molar-refractivity contribution >= 4 is 0 Å². The Bertz CT molecular complexity index is 676. The van der Waals surface area contributed by atoms with E-state index in [1.54, 1.807) is 20.3 Å². The molecule has 2 rings (SSSR count). The quantitative estimate of drug-likeness (QED) is 0.790. The fraction of sp³-hybridized carbons (Fsp3) is 0.368. The van der Waals surface area contributed by atoms with Crippen LogP contribution in [0.15, 0.2) is 36.4 Å². The predicted octanol–water partition coefficient (Wildman–Crippen LogP) is 4.09. The maximum atomic E-state index is 13.5. The molecule has 0 aromatic heterocycles. The van der Waals surface area contributed by atoms with Crippen molar-refractivity contribution in [2.75, 3.05) is 20.8 Å². The summed E-state index contributed by atoms with van der Waals surface area (Å²) in [6, 6.07) is 10.3. The van der Waals surface area contributed by atoms with Gasteiger partial charge in [-0.1, -0.05) is 6.07 Å². The second kappa shape index (κ2) is 8.55. The van der Waals surface area contributed by atoms with Crippen molar-refractivity contribution in [1.82, 2.24) is 5.32 Å². The third-order valence-corrected chi connectivity index (χ3v) is 3.80. The lowest BCUT2D eigenvalue weighted by molar-refractivity contribution is 0.310. The van der Waals surface area contributed by atoms with Crippen molar-refractivity contribution < 1.29 is 18.6 Å². The summed E-state index contributed by atoms with van der Waals surface area (Å²) < 4.78 is 29.7. The van der Waals surface area contributed by atoms with Gasteiger partial charge in [0.2, 0.25) is 0 Å². The molecule has 0 aliphatic carbocycles. The minimum absolute atomic E-state index is 0.0618. The van der Waals surface area contributed by atoms with E-state index in [9.17, 15) is 4.39 Å². The van der Waals surface area contributed by atoms with Crippen LogP contribution >= 0.6 is 0 Å². The summed E-state index contributed by atoms with van der Waals surface area (Å²) in [5.74, 6) is 1.82. The molecule has 0 heterocycles. The van der Waals surface area contributed by atoms with Gasteiger partial charge < -0.3 is 19.5 Å². The average molecular weight is 333 g/mol. The molecule has 2 aromatic carbocycles. The van der Waals surface area contributed by atoms with Gasteiger partial charge in [0.1, 0.15) is 11.6 Å². The van der Waals surface area contributed by atoms with Crippen LogP contribution in [0.1, 0.15) is 31.0 Å². The lowest BCUT2D eigenvalue weighted by Gasteiger charge is -2.18. The Kier molecular flexibility index (Phi) is 6.44. The maximum absolute atomic E-state index is 13.5. The smallest absolute Gasteiger partial charge is 0.161 e. The Morgan fingerprint density at radius 3 is 2.38 bits per heavy atom. The second-order valence-corrected chi connectivity index (χ2v) is 5.41. The summed E-state index contributed by atoms with van der Waals surface area (Å²) in [5.41, 5.74) is 1.84. The van der Waals surface area contributed by atoms with Crippen molar-refractivity contribution in [1.29, 1.82) is 0 Å². The van der Waals surface area contributed by atoms with Gasteiger partial charge in [-0.3, -0.25) is 0 Å². The van der Waals surface area contributed by atoms with Crippen molar-refractivity contribution in [2.45, 2.75) is 26.4 Å². The van der Waals surface area contributed by atoms with Gasteiger partial charge in [0, 0.05) is 18.2 Å². The Morgan fingerprint density at radius 2 is 1.71 bits per heavy atom. The van der Waals surface area contributed by atoms with Gasteiger partial charge in [-0.2, -0.15) is 0 Å². The Hall–Kier alpha value is -2.27. The molecule has 2 aromatic rings. The van der Waals surface area contributed by atoms with Gasteiger partial charge in [0.15, 0.2) is 11.5 Å². The molecule has 0 aliphatic rings. The van der Waals surface area contributed by atoms with Gasteiger partial charge in [-0.05, 0) is 49.7 Å². The number of benzene rings is 2. The number of halogens is 1. The molecule has 0 fully saturated rings. The summed E-state index contributed by atoms with van der Waals surface area (Å²) >= 11 is 0. The molecule has 1 atom stereocenters. The van der Waals surface area contributed by atoms with Crippen LogP contribution in [-0.2, 0) is 6.54 Å². The van der Waals surface area contributed by atoms with Gasteiger partial charge >= 0.3 is 0 Å². The lowest BCUT2D eigenvalue weighted by atomic mass is 10.1. The first-order valence-corrected chi connectivity index (χ1v) is 7.95. The maximum Gasteiger partial charge on any atom is 0.161 e. The topological polar surface area (TPSA) is 39.7 Å². The van der Waals surface area contributed by atoms with E-state index in [0.717, 1.165) is 16.9 Å². The van der Waals surface area contributed by atoms with Crippen molar-refractivity contribution in [2.24, 2.45) is 0 Å². The molecule has 0 saturated carbocycles. The van der Waals surface area contributed by atoms with Gasteiger partial charge in [0.05, 0.1) is 20.8 Å². The number of nitrogens with one attached hydrogen (secondary N) is 1. The van der Waals surface area contributed by atoms with Crippen LogP contribution in [-0.4, -0.2) is 20.8 Å². The molecule has 0 amide bonds. The van der Waals surface area contributed by atoms with Gasteiger partial charge in [0.25, 0.3) is 0 Å². The molecular weight excluding hydrogens is 309 g/mol. The molecule has 0 spiro atoms. The zero-order valence-corrected chi connectivity index (χ0v) is 14.6. The van der Waals surface area contributed by atoms with Gasteiger partial charge in [-0.25, -0.2) is 4.39 Å². The number of rotatable bonds is 8. The fourth-order valence-electron chi connectivity index (χ4n) is 2.52. The highest BCUT2D eigenvalue weighted by molar-refractivity contribution is 5.43. The number of ether oxygens (including phenoxy) is 3. The van der Waals surface area contributed by atoms with Crippen molar-refractivity contribution in [3.63, 3.8) is 0 Å². The minimum atomic E-state index is -0.275. The SMILES string of the molecule is CCOc1cc(CNC(C)c2cc(F)ccc2OC)ccc1OC. The van der Waals surface area contributed by atoms with Crippen LogP contribution in [0.25, 0.3) is 0 Å². The largest absolute Gasteiger partial charge is 0.496 e. The van der Waals surface area contributed by atoms with Crippen LogP contribution in [0.4, 0.5) is 4.39 Å². The molecule has 0 saturated heterocycles. The van der Waals surface area contributed by atoms with Crippen LogP contribution < -0.4 is 19.5 Å². The number of hydrogen-bond acceptors (Lipinski definition) is 4. The van der Waals surface area contributed by atoms with Crippen LogP contribution in [0.5, 0.6) is 17.2 Å². The summed E-state index contributed by atoms with van der Waals surface area (Å²) in [7, 11) is 3.20. The van der Waals surface area contributed by atoms with E-state index in [1.807, 2.05) is 32.0 Å². The van der Waals surface area contributed by atoms with E-state index in [-0.39, 0.29) is 11.9 Å². The normalized spacial score (nSPS) is 11.9. The molecular formula is C19H24FNO3. The Morgan fingerprint density at radius 1 is 1.00 bits per heavy atom. The summed E-state index contributed by atoms with van der Waals surface area (Å²) in [4.78, 5) is 0. The molecule has 0 bridgehead atoms. The zero-order valence-electron chi connectivity index (χ0n) is 14.6. The molecule has 24 heavy (non-hydrogen) atoms. The molecule has 4 nitrogen and oxygen atoms in total. The summed E-state index contributed by atoms with van der Waals surface area (Å²) in [6.07, 6.45) is 0. The lowest BCUT2D eigenvalue weighted by Crippen LogP contribution is -2.19. The fourth-order valence-corrected chi connectivity index (χ4v) is 2.52. The number of methoxy groups -OCH3 is 2. The predicted molar refractivity (Wildman–Crippen MR) is 92.4 cm³/mol. The van der Waals surface area contributed by atoms with E-state index in [4.69, 9.17) is 14.2 Å². The average Bonchev–Trinajstić information content (AvgIpc) is 2.60. The van der Waals surface area contributed by atoms with Crippen molar-refractivity contribution in [3.05, 3.63) is 53.3 Å². The Balaban J connectivity index is 2.10. The zero-order chi connectivity index (χ0) is 17.5. The molecule has 0 radical (unpaired) electrons. The Labute approximate surface area is 142 Å². The third-order valence-electron chi connectivity index (χ3n) is 3.80. The molecule has 130 valence electrons. The highest BCUT2D eigenvalue weighted by atomic mass is 19.1. The van der Waals surface area contributed by atoms with Crippen LogP contribution in [0.2, 0.25) is 0 Å². The highest BCUT2D eigenvalue weighted by Crippen LogP contribution is 2.29.